The van der Waals surface area contributed by atoms with Gasteiger partial charge in [-0.1, -0.05) is 24.3 Å². The van der Waals surface area contributed by atoms with Gasteiger partial charge in [0.2, 0.25) is 5.91 Å². The van der Waals surface area contributed by atoms with Crippen LogP contribution in [-0.2, 0) is 11.3 Å². The van der Waals surface area contributed by atoms with Crippen LogP contribution in [0, 0.1) is 5.92 Å². The first-order valence-electron chi connectivity index (χ1n) is 8.10. The molecule has 1 aliphatic carbocycles. The van der Waals surface area contributed by atoms with E-state index in [4.69, 9.17) is 10.5 Å². The predicted octanol–water partition coefficient (Wildman–Crippen LogP) is 1.54. The maximum atomic E-state index is 11.5. The van der Waals surface area contributed by atoms with Gasteiger partial charge in [-0.05, 0) is 44.6 Å². The number of amides is 1. The summed E-state index contributed by atoms with van der Waals surface area (Å²) >= 11 is 0. The van der Waals surface area contributed by atoms with Gasteiger partial charge in [-0.2, -0.15) is 0 Å². The molecule has 0 heterocycles. The van der Waals surface area contributed by atoms with Crippen molar-refractivity contribution in [3.63, 3.8) is 0 Å². The van der Waals surface area contributed by atoms with E-state index >= 15 is 0 Å². The van der Waals surface area contributed by atoms with Crippen LogP contribution in [0.15, 0.2) is 36.4 Å². The van der Waals surface area contributed by atoms with Crippen LogP contribution in [0.3, 0.4) is 0 Å². The number of nitrogens with two attached hydrogens (primary N) is 1. The highest BCUT2D eigenvalue weighted by Gasteiger charge is 2.26. The number of rotatable bonds is 8. The van der Waals surface area contributed by atoms with Crippen molar-refractivity contribution < 1.29 is 9.53 Å². The Hall–Kier alpha value is -1.85. The van der Waals surface area contributed by atoms with Gasteiger partial charge in [-0.25, -0.2) is 0 Å². The predicted molar refractivity (Wildman–Crippen MR) is 92.2 cm³/mol. The van der Waals surface area contributed by atoms with Crippen molar-refractivity contribution in [2.75, 3.05) is 27.2 Å². The van der Waals surface area contributed by atoms with Crippen molar-refractivity contribution in [3.8, 4) is 5.75 Å². The highest BCUT2D eigenvalue weighted by atomic mass is 16.5. The number of likely N-dealkylation sites (N-methyl/N-ethyl adjacent to an activating group) is 1. The summed E-state index contributed by atoms with van der Waals surface area (Å²) < 4.78 is 5.75. The molecule has 126 valence electrons. The summed E-state index contributed by atoms with van der Waals surface area (Å²) in [6.45, 7) is 2.26. The van der Waals surface area contributed by atoms with Gasteiger partial charge >= 0.3 is 0 Å². The van der Waals surface area contributed by atoms with Crippen molar-refractivity contribution in [2.45, 2.75) is 25.4 Å². The van der Waals surface area contributed by atoms with Gasteiger partial charge in [0.1, 0.15) is 12.4 Å². The number of nitrogens with zero attached hydrogens (tertiary/aromatic N) is 1. The Morgan fingerprint density at radius 1 is 1.35 bits per heavy atom. The Bertz CT molecular complexity index is 543. The van der Waals surface area contributed by atoms with Gasteiger partial charge < -0.3 is 20.7 Å². The molecule has 0 saturated carbocycles. The van der Waals surface area contributed by atoms with Crippen LogP contribution in [0.4, 0.5) is 0 Å². The zero-order valence-electron chi connectivity index (χ0n) is 14.0. The van der Waals surface area contributed by atoms with Crippen molar-refractivity contribution in [1.29, 1.82) is 0 Å². The molecule has 0 spiro atoms. The summed E-state index contributed by atoms with van der Waals surface area (Å²) in [4.78, 5) is 13.6. The number of benzene rings is 1. The van der Waals surface area contributed by atoms with Crippen LogP contribution in [0.25, 0.3) is 0 Å². The minimum Gasteiger partial charge on any atom is -0.492 e. The quantitative estimate of drug-likeness (QED) is 0.714. The van der Waals surface area contributed by atoms with Crippen LogP contribution in [0.5, 0.6) is 5.75 Å². The Kier molecular flexibility index (Phi) is 6.62. The minimum absolute atomic E-state index is 0.107. The first-order valence-corrected chi connectivity index (χ1v) is 8.10. The molecule has 5 nitrogen and oxygen atoms in total. The molecule has 0 aromatic heterocycles. The third-order valence-electron chi connectivity index (χ3n) is 4.07. The second kappa shape index (κ2) is 8.70. The van der Waals surface area contributed by atoms with Crippen LogP contribution < -0.4 is 15.8 Å². The molecular weight excluding hydrogens is 290 g/mol. The number of ether oxygens (including phenoxy) is 1. The monoisotopic (exact) mass is 317 g/mol. The van der Waals surface area contributed by atoms with Crippen LogP contribution in [0.2, 0.25) is 0 Å². The molecule has 1 aromatic carbocycles. The van der Waals surface area contributed by atoms with Gasteiger partial charge in [0.05, 0.1) is 5.92 Å². The fraction of sp³-hybridized carbons (Fsp3) is 0.500. The van der Waals surface area contributed by atoms with Crippen LogP contribution in [0.1, 0.15) is 18.4 Å². The summed E-state index contributed by atoms with van der Waals surface area (Å²) in [5.74, 6) is 0.522. The molecule has 23 heavy (non-hydrogen) atoms. The van der Waals surface area contributed by atoms with Crippen LogP contribution in [-0.4, -0.2) is 44.1 Å². The van der Waals surface area contributed by atoms with Crippen LogP contribution >= 0.6 is 0 Å². The van der Waals surface area contributed by atoms with Crippen molar-refractivity contribution in [3.05, 3.63) is 42.0 Å². The zero-order valence-corrected chi connectivity index (χ0v) is 14.0. The zero-order chi connectivity index (χ0) is 16.7. The smallest absolute Gasteiger partial charge is 0.222 e. The van der Waals surface area contributed by atoms with Crippen molar-refractivity contribution >= 4 is 5.91 Å². The molecule has 2 atom stereocenters. The second-order valence-corrected chi connectivity index (χ2v) is 6.24. The molecule has 0 fully saturated rings. The maximum absolute atomic E-state index is 11.5. The molecule has 5 heteroatoms. The van der Waals surface area contributed by atoms with E-state index in [2.05, 4.69) is 22.4 Å². The van der Waals surface area contributed by atoms with E-state index in [0.717, 1.165) is 30.7 Å². The molecule has 3 N–H and O–H groups in total. The largest absolute Gasteiger partial charge is 0.492 e. The summed E-state index contributed by atoms with van der Waals surface area (Å²) in [6.07, 6.45) is 5.71. The second-order valence-electron chi connectivity index (χ2n) is 6.24. The lowest BCUT2D eigenvalue weighted by atomic mass is 9.88. The van der Waals surface area contributed by atoms with E-state index in [9.17, 15) is 4.79 Å². The topological polar surface area (TPSA) is 67.6 Å². The molecule has 0 saturated heterocycles. The lowest BCUT2D eigenvalue weighted by Gasteiger charge is -2.27. The number of carbonyl (C=O) groups is 1. The van der Waals surface area contributed by atoms with Gasteiger partial charge in [0, 0.05) is 19.1 Å². The Morgan fingerprint density at radius 3 is 2.87 bits per heavy atom. The lowest BCUT2D eigenvalue weighted by molar-refractivity contribution is -0.122. The number of allylic oxidation sites excluding steroid dienone is 1. The fourth-order valence-corrected chi connectivity index (χ4v) is 2.69. The highest BCUT2D eigenvalue weighted by molar-refractivity contribution is 5.77. The molecule has 2 rings (SSSR count). The minimum atomic E-state index is -0.229. The summed E-state index contributed by atoms with van der Waals surface area (Å²) in [7, 11) is 4.05. The molecular formula is C18H27N3O2. The molecule has 0 bridgehead atoms. The van der Waals surface area contributed by atoms with Gasteiger partial charge in [-0.3, -0.25) is 4.79 Å². The SMILES string of the molecule is CN(C)CCOc1cccc(CN[C@@H]2CC=CC[C@H]2C(N)=O)c1. The average molecular weight is 317 g/mol. The van der Waals surface area contributed by atoms with E-state index in [1.54, 1.807) is 0 Å². The van der Waals surface area contributed by atoms with E-state index < -0.39 is 0 Å². The average Bonchev–Trinajstić information content (AvgIpc) is 2.53. The summed E-state index contributed by atoms with van der Waals surface area (Å²) in [6, 6.07) is 8.17. The molecule has 0 unspecified atom stereocenters. The number of carbonyl (C=O) groups excluding carboxylic acids is 1. The molecule has 0 radical (unpaired) electrons. The number of nitrogens with one attached hydrogen (secondary N) is 1. The van der Waals surface area contributed by atoms with Crippen molar-refractivity contribution in [1.82, 2.24) is 10.2 Å². The summed E-state index contributed by atoms with van der Waals surface area (Å²) in [5.41, 5.74) is 6.64. The first-order chi connectivity index (χ1) is 11.1. The van der Waals surface area contributed by atoms with Gasteiger partial charge in [-0.15, -0.1) is 0 Å². The fourth-order valence-electron chi connectivity index (χ4n) is 2.69. The van der Waals surface area contributed by atoms with Crippen molar-refractivity contribution in [2.24, 2.45) is 11.7 Å². The van der Waals surface area contributed by atoms with Gasteiger partial charge in [0.15, 0.2) is 0 Å². The Morgan fingerprint density at radius 2 is 2.13 bits per heavy atom. The first kappa shape index (κ1) is 17.5. The Balaban J connectivity index is 1.87. The maximum Gasteiger partial charge on any atom is 0.222 e. The number of hydrogen-bond acceptors (Lipinski definition) is 4. The molecule has 0 aliphatic heterocycles. The Labute approximate surface area is 138 Å². The van der Waals surface area contributed by atoms with E-state index in [1.165, 1.54) is 0 Å². The molecule has 1 amide bonds. The third-order valence-corrected chi connectivity index (χ3v) is 4.07. The molecule has 1 aliphatic rings. The van der Waals surface area contributed by atoms with E-state index in [1.807, 2.05) is 38.4 Å². The van der Waals surface area contributed by atoms with E-state index in [0.29, 0.717) is 13.2 Å². The molecule has 1 aromatic rings. The normalized spacial score (nSPS) is 20.7. The van der Waals surface area contributed by atoms with Gasteiger partial charge in [0.25, 0.3) is 0 Å². The number of hydrogen-bond donors (Lipinski definition) is 2. The number of primary amides is 1. The lowest BCUT2D eigenvalue weighted by Crippen LogP contribution is -2.43. The van der Waals surface area contributed by atoms with E-state index in [-0.39, 0.29) is 17.9 Å². The summed E-state index contributed by atoms with van der Waals surface area (Å²) in [5, 5.41) is 3.45. The third kappa shape index (κ3) is 5.69. The standard InChI is InChI=1S/C18H27N3O2/c1-21(2)10-11-23-15-7-5-6-14(12-15)13-20-17-9-4-3-8-16(17)18(19)22/h3-7,12,16-17,20H,8-11,13H2,1-2H3,(H2,19,22)/t16-,17-/m1/s1. The highest BCUT2D eigenvalue weighted by Crippen LogP contribution is 2.20.